The van der Waals surface area contributed by atoms with Crippen molar-refractivity contribution in [3.63, 3.8) is 0 Å². The van der Waals surface area contributed by atoms with Crippen LogP contribution in [0.15, 0.2) is 83.1 Å². The van der Waals surface area contributed by atoms with Crippen LogP contribution in [0.3, 0.4) is 0 Å². The second-order valence-electron chi connectivity index (χ2n) is 7.21. The standard InChI is InChI=1S/C15H9S.C9H6Br.2ClH.Zr/c1-2-10-8-12(3-1)16-13-5-7-15-11(9-13)4-6-14(10)15;10-9-6-5-7-3-1-2-4-8(7)9;;;/h1-5,7-9,14H;1-5,9H;2*1H;/q;;;;+2/p-2. The van der Waals surface area contributed by atoms with Gasteiger partial charge in [-0.3, -0.25) is 0 Å². The van der Waals surface area contributed by atoms with E-state index in [0.29, 0.717) is 10.7 Å². The molecule has 5 heteroatoms. The fraction of sp³-hybridized carbons (Fsp3) is 0.0833. The minimum absolute atomic E-state index is 0. The van der Waals surface area contributed by atoms with Gasteiger partial charge in [0.25, 0.3) is 0 Å². The Morgan fingerprint density at radius 1 is 0.724 bits per heavy atom. The summed E-state index contributed by atoms with van der Waals surface area (Å²) in [7, 11) is 0. The molecule has 0 saturated carbocycles. The largest absolute Gasteiger partial charge is 1.00 e. The van der Waals surface area contributed by atoms with Crippen molar-refractivity contribution in [3.05, 3.63) is 101 Å². The number of fused-ring (bicyclic) bond motifs is 2. The molecule has 0 aromatic heterocycles. The van der Waals surface area contributed by atoms with Gasteiger partial charge in [-0.25, -0.2) is 0 Å². The number of halogens is 3. The number of benzene rings is 3. The molecule has 0 saturated heterocycles. The zero-order valence-electron chi connectivity index (χ0n) is 15.2. The molecule has 2 heterocycles. The second kappa shape index (κ2) is 8.52. The summed E-state index contributed by atoms with van der Waals surface area (Å²) in [5.41, 5.74) is 7.22. The third-order valence-corrected chi connectivity index (χ3v) is 12.1. The van der Waals surface area contributed by atoms with Crippen molar-refractivity contribution < 1.29 is 48.0 Å². The van der Waals surface area contributed by atoms with Gasteiger partial charge >= 0.3 is 185 Å². The quantitative estimate of drug-likeness (QED) is 0.413. The molecule has 7 rings (SSSR count). The van der Waals surface area contributed by atoms with Crippen molar-refractivity contribution in [2.45, 2.75) is 20.5 Å². The van der Waals surface area contributed by atoms with Gasteiger partial charge in [-0.15, -0.1) is 0 Å². The van der Waals surface area contributed by atoms with E-state index in [2.05, 4.69) is 94.8 Å². The normalized spacial score (nSPS) is 19.5. The second-order valence-corrected chi connectivity index (χ2v) is 12.7. The van der Waals surface area contributed by atoms with Crippen molar-refractivity contribution >= 4 is 39.8 Å². The van der Waals surface area contributed by atoms with E-state index in [9.17, 15) is 0 Å². The summed E-state index contributed by atoms with van der Waals surface area (Å²) in [5.74, 6) is 0.448. The van der Waals surface area contributed by atoms with E-state index in [4.69, 9.17) is 0 Å². The molecule has 142 valence electrons. The van der Waals surface area contributed by atoms with Crippen LogP contribution in [-0.2, 0) is 23.2 Å². The van der Waals surface area contributed by atoms with Crippen molar-refractivity contribution in [2.75, 3.05) is 0 Å². The minimum atomic E-state index is -0.871. The van der Waals surface area contributed by atoms with Crippen LogP contribution in [0.5, 0.6) is 0 Å². The van der Waals surface area contributed by atoms with Gasteiger partial charge in [0.05, 0.1) is 0 Å². The molecule has 2 aliphatic carbocycles. The molecule has 3 aromatic rings. The van der Waals surface area contributed by atoms with Crippen molar-refractivity contribution in [2.24, 2.45) is 0 Å². The third-order valence-electron chi connectivity index (χ3n) is 5.56. The molecule has 0 amide bonds. The number of alkyl halides is 1. The van der Waals surface area contributed by atoms with Gasteiger partial charge in [-0.2, -0.15) is 0 Å². The summed E-state index contributed by atoms with van der Waals surface area (Å²) in [6.07, 6.45) is 4.96. The maximum atomic E-state index is 3.99. The van der Waals surface area contributed by atoms with Crippen LogP contribution >= 0.6 is 27.7 Å². The molecule has 2 unspecified atom stereocenters. The summed E-state index contributed by atoms with van der Waals surface area (Å²) in [6, 6.07) is 25.0. The first-order valence-corrected chi connectivity index (χ1v) is 13.3. The van der Waals surface area contributed by atoms with Gasteiger partial charge in [0, 0.05) is 0 Å². The smallest absolute Gasteiger partial charge is 1.00 e. The Morgan fingerprint density at radius 2 is 1.52 bits per heavy atom. The number of hydrogen-bond donors (Lipinski definition) is 0. The Bertz CT molecular complexity index is 1170. The maximum absolute atomic E-state index is 3.99. The fourth-order valence-electron chi connectivity index (χ4n) is 4.33. The molecule has 0 N–H and O–H groups in total. The Hall–Kier alpha value is -0.567. The predicted molar refractivity (Wildman–Crippen MR) is 113 cm³/mol. The van der Waals surface area contributed by atoms with E-state index in [0.717, 1.165) is 0 Å². The van der Waals surface area contributed by atoms with E-state index < -0.39 is 23.2 Å². The van der Waals surface area contributed by atoms with Gasteiger partial charge in [0.1, 0.15) is 0 Å². The van der Waals surface area contributed by atoms with Gasteiger partial charge in [-0.05, 0) is 0 Å². The summed E-state index contributed by atoms with van der Waals surface area (Å²) in [6.45, 7) is 0. The first kappa shape index (κ1) is 21.7. The summed E-state index contributed by atoms with van der Waals surface area (Å²) >= 11 is 4.99. The zero-order valence-corrected chi connectivity index (χ0v) is 21.6. The topological polar surface area (TPSA) is 0 Å². The maximum Gasteiger partial charge on any atom is -1.00 e. The average Bonchev–Trinajstić information content (AvgIpc) is 3.21. The SMILES string of the molecule is BrC1[C]([Zr+2][C]2=Cc3cc4ccc3C2c2cccc(c2)S4)=Cc2ccccc21.[Cl-].[Cl-]. The van der Waals surface area contributed by atoms with Crippen molar-refractivity contribution in [1.82, 2.24) is 0 Å². The third kappa shape index (κ3) is 3.68. The number of hydrogen-bond acceptors (Lipinski definition) is 1. The van der Waals surface area contributed by atoms with E-state index in [1.54, 1.807) is 6.56 Å². The molecule has 2 aliphatic heterocycles. The average molecular weight is 577 g/mol. The Balaban J connectivity index is 0.00000102. The fourth-order valence-corrected chi connectivity index (χ4v) is 10.3. The first-order valence-electron chi connectivity index (χ1n) is 9.11. The molecule has 0 radical (unpaired) electrons. The van der Waals surface area contributed by atoms with E-state index in [1.165, 1.54) is 37.6 Å². The van der Waals surface area contributed by atoms with Crippen molar-refractivity contribution in [3.8, 4) is 0 Å². The monoisotopic (exact) mass is 574 g/mol. The number of allylic oxidation sites excluding steroid dienone is 2. The molecule has 4 aliphatic rings. The molecule has 6 bridgehead atoms. The molecular weight excluding hydrogens is 562 g/mol. The zero-order chi connectivity index (χ0) is 18.0. The predicted octanol–water partition coefficient (Wildman–Crippen LogP) is 1.22. The van der Waals surface area contributed by atoms with Gasteiger partial charge < -0.3 is 24.8 Å². The molecular formula is C24H15BrCl2SZr. The van der Waals surface area contributed by atoms with Crippen LogP contribution < -0.4 is 24.8 Å². The van der Waals surface area contributed by atoms with Gasteiger partial charge in [-0.1, -0.05) is 0 Å². The molecule has 2 atom stereocenters. The first-order chi connectivity index (χ1) is 13.3. The number of rotatable bonds is 2. The molecule has 0 spiro atoms. The molecule has 0 nitrogen and oxygen atoms in total. The molecule has 0 fully saturated rings. The van der Waals surface area contributed by atoms with Crippen LogP contribution in [0, 0.1) is 0 Å². The van der Waals surface area contributed by atoms with E-state index >= 15 is 0 Å². The van der Waals surface area contributed by atoms with Crippen molar-refractivity contribution in [1.29, 1.82) is 0 Å². The van der Waals surface area contributed by atoms with Gasteiger partial charge in [0.2, 0.25) is 0 Å². The summed E-state index contributed by atoms with van der Waals surface area (Å²) in [5, 5.41) is 0. The van der Waals surface area contributed by atoms with E-state index in [1.807, 2.05) is 11.8 Å². The minimum Gasteiger partial charge on any atom is -1.00 e. The van der Waals surface area contributed by atoms with Crippen LogP contribution in [0.25, 0.3) is 12.2 Å². The van der Waals surface area contributed by atoms with E-state index in [-0.39, 0.29) is 24.8 Å². The molecule has 3 aromatic carbocycles. The van der Waals surface area contributed by atoms with Crippen LogP contribution in [0.2, 0.25) is 0 Å². The Morgan fingerprint density at radius 3 is 2.38 bits per heavy atom. The molecule has 29 heavy (non-hydrogen) atoms. The van der Waals surface area contributed by atoms with Crippen LogP contribution in [-0.4, -0.2) is 0 Å². The summed E-state index contributed by atoms with van der Waals surface area (Å²) < 4.78 is 3.31. The van der Waals surface area contributed by atoms with Gasteiger partial charge in [0.15, 0.2) is 0 Å². The Labute approximate surface area is 207 Å². The van der Waals surface area contributed by atoms with Crippen LogP contribution in [0.4, 0.5) is 0 Å². The van der Waals surface area contributed by atoms with Crippen LogP contribution in [0.1, 0.15) is 38.6 Å². The summed E-state index contributed by atoms with van der Waals surface area (Å²) in [4.78, 5) is 3.10. The Kier molecular flexibility index (Phi) is 6.36.